The maximum atomic E-state index is 12.7. The third kappa shape index (κ3) is 3.35. The van der Waals surface area contributed by atoms with Gasteiger partial charge in [0.15, 0.2) is 0 Å². The van der Waals surface area contributed by atoms with Gasteiger partial charge >= 0.3 is 0 Å². The Hall–Kier alpha value is -2.94. The molecule has 9 nitrogen and oxygen atoms in total. The molecular weight excluding hydrogens is 404 g/mol. The van der Waals surface area contributed by atoms with E-state index in [1.54, 1.807) is 0 Å². The minimum Gasteiger partial charge on any atom is -0.370 e. The molecule has 168 valence electrons. The highest BCUT2D eigenvalue weighted by molar-refractivity contribution is 5.89. The maximum absolute atomic E-state index is 12.7. The van der Waals surface area contributed by atoms with E-state index in [-0.39, 0.29) is 23.3 Å². The number of nitrogens with one attached hydrogen (secondary N) is 4. The summed E-state index contributed by atoms with van der Waals surface area (Å²) in [6.07, 6.45) is 9.69. The van der Waals surface area contributed by atoms with Crippen LogP contribution in [0.25, 0.3) is 0 Å². The molecule has 4 N–H and O–H groups in total. The van der Waals surface area contributed by atoms with Gasteiger partial charge in [0.25, 0.3) is 0 Å². The Morgan fingerprint density at radius 3 is 2.69 bits per heavy atom. The van der Waals surface area contributed by atoms with Crippen LogP contribution in [0.4, 0.5) is 23.1 Å². The highest BCUT2D eigenvalue weighted by atomic mass is 16.2. The number of amides is 1. The van der Waals surface area contributed by atoms with Crippen LogP contribution in [0.2, 0.25) is 0 Å². The lowest BCUT2D eigenvalue weighted by Crippen LogP contribution is -2.57. The topological polar surface area (TPSA) is 107 Å². The van der Waals surface area contributed by atoms with Gasteiger partial charge in [-0.15, -0.1) is 0 Å². The van der Waals surface area contributed by atoms with Gasteiger partial charge < -0.3 is 26.2 Å². The second-order valence-electron chi connectivity index (χ2n) is 9.50. The molecular formula is C23H30N8O. The molecule has 2 unspecified atom stereocenters. The number of anilines is 4. The lowest BCUT2D eigenvalue weighted by Gasteiger charge is -2.47. The molecule has 3 fully saturated rings. The Kier molecular flexibility index (Phi) is 4.86. The third-order valence-electron chi connectivity index (χ3n) is 7.63. The van der Waals surface area contributed by atoms with Gasteiger partial charge in [-0.2, -0.15) is 0 Å². The molecule has 0 bridgehead atoms. The summed E-state index contributed by atoms with van der Waals surface area (Å²) in [5.41, 5.74) is 3.08. The molecule has 5 heterocycles. The molecule has 9 heteroatoms. The van der Waals surface area contributed by atoms with Gasteiger partial charge in [0.2, 0.25) is 11.9 Å². The van der Waals surface area contributed by atoms with E-state index in [1.165, 1.54) is 19.3 Å². The Morgan fingerprint density at radius 1 is 1.06 bits per heavy atom. The van der Waals surface area contributed by atoms with Crippen LogP contribution in [0, 0.1) is 5.41 Å². The molecule has 2 aromatic heterocycles. The summed E-state index contributed by atoms with van der Waals surface area (Å²) in [5, 5.41) is 13.2. The summed E-state index contributed by atoms with van der Waals surface area (Å²) < 4.78 is 0. The number of carbonyl (C=O) groups is 1. The molecule has 1 amide bonds. The van der Waals surface area contributed by atoms with E-state index < -0.39 is 0 Å². The van der Waals surface area contributed by atoms with Crippen molar-refractivity contribution in [2.24, 2.45) is 5.41 Å². The zero-order valence-electron chi connectivity index (χ0n) is 18.2. The van der Waals surface area contributed by atoms with Crippen molar-refractivity contribution in [3.63, 3.8) is 0 Å². The van der Waals surface area contributed by atoms with Crippen molar-refractivity contribution >= 4 is 29.0 Å². The number of nitrogens with zero attached hydrogens (tertiary/aromatic N) is 4. The lowest BCUT2D eigenvalue weighted by atomic mass is 9.61. The lowest BCUT2D eigenvalue weighted by molar-refractivity contribution is -0.126. The minimum atomic E-state index is -0.252. The van der Waals surface area contributed by atoms with E-state index in [1.807, 2.05) is 18.5 Å². The SMILES string of the molecule is O=C1NCC2(CCCCC2)C2c3nc(Nc4ccc(N5CCNCC5)cn4)ncc3NC12. The van der Waals surface area contributed by atoms with E-state index in [9.17, 15) is 4.79 Å². The number of rotatable bonds is 3. The average molecular weight is 435 g/mol. The van der Waals surface area contributed by atoms with Crippen molar-refractivity contribution < 1.29 is 4.79 Å². The second kappa shape index (κ2) is 7.88. The number of piperazine rings is 1. The van der Waals surface area contributed by atoms with E-state index in [4.69, 9.17) is 4.98 Å². The highest BCUT2D eigenvalue weighted by Crippen LogP contribution is 2.54. The van der Waals surface area contributed by atoms with E-state index in [0.717, 1.165) is 68.5 Å². The van der Waals surface area contributed by atoms with Crippen molar-refractivity contribution in [1.29, 1.82) is 0 Å². The molecule has 3 aliphatic heterocycles. The fourth-order valence-corrected chi connectivity index (χ4v) is 5.98. The largest absolute Gasteiger partial charge is 0.370 e. The van der Waals surface area contributed by atoms with Crippen molar-refractivity contribution in [1.82, 2.24) is 25.6 Å². The van der Waals surface area contributed by atoms with Crippen LogP contribution >= 0.6 is 0 Å². The molecule has 0 aromatic carbocycles. The first-order valence-electron chi connectivity index (χ1n) is 11.8. The fraction of sp³-hybridized carbons (Fsp3) is 0.565. The van der Waals surface area contributed by atoms with Crippen molar-refractivity contribution in [3.05, 3.63) is 30.2 Å². The van der Waals surface area contributed by atoms with Gasteiger partial charge in [-0.05, 0) is 30.4 Å². The predicted octanol–water partition coefficient (Wildman–Crippen LogP) is 1.98. The molecule has 2 saturated heterocycles. The molecule has 1 aliphatic carbocycles. The number of piperidine rings is 1. The number of carbonyl (C=O) groups excluding carboxylic acids is 1. The van der Waals surface area contributed by atoms with Gasteiger partial charge in [-0.25, -0.2) is 15.0 Å². The molecule has 0 radical (unpaired) electrons. The first kappa shape index (κ1) is 19.7. The van der Waals surface area contributed by atoms with Crippen LogP contribution in [0.1, 0.15) is 43.7 Å². The summed E-state index contributed by atoms with van der Waals surface area (Å²) in [4.78, 5) is 29.0. The number of aromatic nitrogens is 3. The zero-order chi connectivity index (χ0) is 21.5. The van der Waals surface area contributed by atoms with Crippen LogP contribution in [0.15, 0.2) is 24.5 Å². The molecule has 2 aromatic rings. The summed E-state index contributed by atoms with van der Waals surface area (Å²) in [6, 6.07) is 3.82. The Balaban J connectivity index is 1.25. The van der Waals surface area contributed by atoms with Crippen LogP contribution in [0.3, 0.4) is 0 Å². The maximum Gasteiger partial charge on any atom is 0.243 e. The summed E-state index contributed by atoms with van der Waals surface area (Å²) >= 11 is 0. The van der Waals surface area contributed by atoms with Gasteiger partial charge in [-0.3, -0.25) is 4.79 Å². The van der Waals surface area contributed by atoms with Crippen LogP contribution in [-0.2, 0) is 4.79 Å². The first-order valence-corrected chi connectivity index (χ1v) is 11.8. The van der Waals surface area contributed by atoms with Crippen LogP contribution in [0.5, 0.6) is 0 Å². The predicted molar refractivity (Wildman–Crippen MR) is 123 cm³/mol. The quantitative estimate of drug-likeness (QED) is 0.581. The molecule has 1 saturated carbocycles. The monoisotopic (exact) mass is 434 g/mol. The van der Waals surface area contributed by atoms with Crippen molar-refractivity contribution in [2.45, 2.75) is 44.1 Å². The Bertz CT molecular complexity index is 998. The van der Waals surface area contributed by atoms with Crippen molar-refractivity contribution in [3.8, 4) is 0 Å². The van der Waals surface area contributed by atoms with Gasteiger partial charge in [0.05, 0.1) is 29.5 Å². The van der Waals surface area contributed by atoms with Gasteiger partial charge in [0.1, 0.15) is 11.9 Å². The summed E-state index contributed by atoms with van der Waals surface area (Å²) in [5.74, 6) is 1.42. The number of fused-ring (bicyclic) bond motifs is 4. The standard InChI is InChI=1S/C23H30N8O/c32-21-20-18(23(14-27-21)6-2-1-3-7-23)19-16(28-20)13-26-22(30-19)29-17-5-4-15(12-25-17)31-10-8-24-9-11-31/h4-5,12-13,18,20,24,28H,1-3,6-11,14H2,(H,27,32)(H,25,26,29,30). The second-order valence-corrected chi connectivity index (χ2v) is 9.50. The smallest absolute Gasteiger partial charge is 0.243 e. The van der Waals surface area contributed by atoms with E-state index >= 15 is 0 Å². The first-order chi connectivity index (χ1) is 15.7. The normalized spacial score (nSPS) is 26.1. The highest BCUT2D eigenvalue weighted by Gasteiger charge is 2.54. The molecule has 32 heavy (non-hydrogen) atoms. The minimum absolute atomic E-state index is 0.0730. The third-order valence-corrected chi connectivity index (χ3v) is 7.63. The fourth-order valence-electron chi connectivity index (χ4n) is 5.98. The molecule has 6 rings (SSSR count). The molecule has 1 spiro atoms. The van der Waals surface area contributed by atoms with Crippen molar-refractivity contribution in [2.75, 3.05) is 48.3 Å². The van der Waals surface area contributed by atoms with Gasteiger partial charge in [0, 0.05) is 38.6 Å². The molecule has 2 atom stereocenters. The molecule has 4 aliphatic rings. The van der Waals surface area contributed by atoms with Gasteiger partial charge in [-0.1, -0.05) is 19.3 Å². The Labute approximate surface area is 187 Å². The van der Waals surface area contributed by atoms with E-state index in [2.05, 4.69) is 42.2 Å². The summed E-state index contributed by atoms with van der Waals surface area (Å²) in [7, 11) is 0. The summed E-state index contributed by atoms with van der Waals surface area (Å²) in [6.45, 7) is 4.73. The number of hydrogen-bond acceptors (Lipinski definition) is 8. The zero-order valence-corrected chi connectivity index (χ0v) is 18.2. The van der Waals surface area contributed by atoms with E-state index in [0.29, 0.717) is 5.95 Å². The number of pyridine rings is 1. The Morgan fingerprint density at radius 2 is 1.91 bits per heavy atom. The van der Waals surface area contributed by atoms with Crippen LogP contribution < -0.4 is 26.2 Å². The van der Waals surface area contributed by atoms with Crippen LogP contribution in [-0.4, -0.2) is 59.6 Å². The number of hydrogen-bond donors (Lipinski definition) is 4. The average Bonchev–Trinajstić information content (AvgIpc) is 3.24.